The number of thioether (sulfide) groups is 1. The topological polar surface area (TPSA) is 124 Å². The summed E-state index contributed by atoms with van der Waals surface area (Å²) in [6.45, 7) is -0.190. The van der Waals surface area contributed by atoms with E-state index in [1.807, 2.05) is 0 Å². The molecule has 3 N–H and O–H groups in total. The van der Waals surface area contributed by atoms with E-state index in [-0.39, 0.29) is 34.7 Å². The maximum atomic E-state index is 13.8. The third-order valence-electron chi connectivity index (χ3n) is 4.14. The Kier molecular flexibility index (Phi) is 6.17. The molecule has 0 radical (unpaired) electrons. The Hall–Kier alpha value is -3.66. The minimum absolute atomic E-state index is 0.0553. The van der Waals surface area contributed by atoms with E-state index >= 15 is 0 Å². The monoisotopic (exact) mass is 430 g/mol. The van der Waals surface area contributed by atoms with E-state index in [9.17, 15) is 28.7 Å². The highest BCUT2D eigenvalue weighted by atomic mass is 32.2. The number of hydrogen-bond acceptors (Lipinski definition) is 6. The van der Waals surface area contributed by atoms with Gasteiger partial charge >= 0.3 is 5.97 Å². The van der Waals surface area contributed by atoms with E-state index in [0.717, 1.165) is 17.0 Å². The van der Waals surface area contributed by atoms with Gasteiger partial charge in [0.2, 0.25) is 5.91 Å². The SMILES string of the molecule is O=C(CCN1C(=O)SC(=Cc2ccccc2F)C1=O)Nc1ccc(C(=O)O)c(O)c1. The standard InChI is InChI=1S/C20H15FN2O6S/c21-14-4-2-1-3-11(14)9-16-18(26)23(20(29)30-16)8-7-17(25)22-12-5-6-13(19(27)28)15(24)10-12/h1-6,9-10,24H,7-8H2,(H,22,25)(H,27,28). The zero-order chi connectivity index (χ0) is 21.8. The fourth-order valence-electron chi connectivity index (χ4n) is 2.65. The molecule has 30 heavy (non-hydrogen) atoms. The second kappa shape index (κ2) is 8.78. The van der Waals surface area contributed by atoms with Crippen LogP contribution < -0.4 is 5.32 Å². The van der Waals surface area contributed by atoms with Gasteiger partial charge in [-0.1, -0.05) is 18.2 Å². The lowest BCUT2D eigenvalue weighted by atomic mass is 10.2. The van der Waals surface area contributed by atoms with Crippen LogP contribution in [0, 0.1) is 5.82 Å². The van der Waals surface area contributed by atoms with Crippen molar-refractivity contribution >= 4 is 46.5 Å². The normalized spacial score (nSPS) is 15.0. The molecule has 0 unspecified atom stereocenters. The van der Waals surface area contributed by atoms with Crippen LogP contribution in [0.1, 0.15) is 22.3 Å². The van der Waals surface area contributed by atoms with Gasteiger partial charge in [-0.2, -0.15) is 0 Å². The van der Waals surface area contributed by atoms with Crippen LogP contribution in [0.4, 0.5) is 14.9 Å². The summed E-state index contributed by atoms with van der Waals surface area (Å²) in [6, 6.07) is 9.34. The molecule has 0 aliphatic carbocycles. The molecule has 0 atom stereocenters. The Bertz CT molecular complexity index is 1080. The van der Waals surface area contributed by atoms with E-state index < -0.39 is 34.6 Å². The van der Waals surface area contributed by atoms with Crippen molar-refractivity contribution in [1.29, 1.82) is 0 Å². The van der Waals surface area contributed by atoms with Gasteiger partial charge in [0.1, 0.15) is 17.1 Å². The molecule has 3 amide bonds. The Labute approximate surface area is 174 Å². The number of benzene rings is 2. The average molecular weight is 430 g/mol. The smallest absolute Gasteiger partial charge is 0.339 e. The van der Waals surface area contributed by atoms with Gasteiger partial charge < -0.3 is 15.5 Å². The largest absolute Gasteiger partial charge is 0.507 e. The number of nitrogens with one attached hydrogen (secondary N) is 1. The predicted molar refractivity (Wildman–Crippen MR) is 107 cm³/mol. The van der Waals surface area contributed by atoms with Crippen molar-refractivity contribution in [2.45, 2.75) is 6.42 Å². The van der Waals surface area contributed by atoms with Gasteiger partial charge in [0.05, 0.1) is 4.91 Å². The van der Waals surface area contributed by atoms with Crippen LogP contribution in [-0.4, -0.2) is 44.7 Å². The first kappa shape index (κ1) is 21.1. The molecule has 1 fully saturated rings. The molecule has 3 rings (SSSR count). The van der Waals surface area contributed by atoms with Crippen molar-refractivity contribution < 1.29 is 33.8 Å². The number of aromatic carboxylic acids is 1. The summed E-state index contributed by atoms with van der Waals surface area (Å²) in [4.78, 5) is 48.5. The minimum atomic E-state index is -1.31. The van der Waals surface area contributed by atoms with Crippen molar-refractivity contribution in [3.8, 4) is 5.75 Å². The van der Waals surface area contributed by atoms with Crippen LogP contribution in [0.15, 0.2) is 47.4 Å². The Morgan fingerprint density at radius 2 is 1.90 bits per heavy atom. The van der Waals surface area contributed by atoms with Gasteiger partial charge in [-0.15, -0.1) is 0 Å². The number of halogens is 1. The first-order chi connectivity index (χ1) is 14.3. The van der Waals surface area contributed by atoms with Gasteiger partial charge in [-0.3, -0.25) is 19.3 Å². The van der Waals surface area contributed by atoms with Gasteiger partial charge in [0, 0.05) is 30.3 Å². The number of carboxylic acids is 1. The first-order valence-electron chi connectivity index (χ1n) is 8.62. The second-order valence-corrected chi connectivity index (χ2v) is 7.18. The summed E-state index contributed by atoms with van der Waals surface area (Å²) in [5, 5.41) is 20.4. The maximum absolute atomic E-state index is 13.8. The summed E-state index contributed by atoms with van der Waals surface area (Å²) in [5.41, 5.74) is 0.0221. The number of imide groups is 1. The molecule has 2 aromatic carbocycles. The molecule has 1 aliphatic rings. The molecule has 10 heteroatoms. The van der Waals surface area contributed by atoms with E-state index in [4.69, 9.17) is 5.11 Å². The lowest BCUT2D eigenvalue weighted by Gasteiger charge is -2.12. The van der Waals surface area contributed by atoms with E-state index in [2.05, 4.69) is 5.32 Å². The van der Waals surface area contributed by atoms with Crippen LogP contribution in [0.5, 0.6) is 5.75 Å². The Morgan fingerprint density at radius 3 is 2.57 bits per heavy atom. The van der Waals surface area contributed by atoms with Crippen molar-refractivity contribution in [3.05, 3.63) is 64.3 Å². The van der Waals surface area contributed by atoms with Crippen LogP contribution in [-0.2, 0) is 9.59 Å². The predicted octanol–water partition coefficient (Wildman–Crippen LogP) is 3.29. The lowest BCUT2D eigenvalue weighted by Crippen LogP contribution is -2.31. The summed E-state index contributed by atoms with van der Waals surface area (Å²) in [6.07, 6.45) is 1.07. The molecule has 8 nitrogen and oxygen atoms in total. The molecule has 1 saturated heterocycles. The van der Waals surface area contributed by atoms with E-state index in [1.165, 1.54) is 30.3 Å². The van der Waals surface area contributed by atoms with E-state index in [0.29, 0.717) is 11.8 Å². The number of nitrogens with zero attached hydrogens (tertiary/aromatic N) is 1. The van der Waals surface area contributed by atoms with Crippen molar-refractivity contribution in [3.63, 3.8) is 0 Å². The number of aromatic hydroxyl groups is 1. The number of amides is 3. The number of carbonyl (C=O) groups is 4. The third-order valence-corrected chi connectivity index (χ3v) is 5.05. The van der Waals surface area contributed by atoms with Gasteiger partial charge in [0.25, 0.3) is 11.1 Å². The van der Waals surface area contributed by atoms with Crippen LogP contribution in [0.25, 0.3) is 6.08 Å². The van der Waals surface area contributed by atoms with Gasteiger partial charge in [0.15, 0.2) is 0 Å². The highest BCUT2D eigenvalue weighted by Gasteiger charge is 2.35. The molecule has 1 heterocycles. The number of carbonyl (C=O) groups excluding carboxylic acids is 3. The fourth-order valence-corrected chi connectivity index (χ4v) is 3.51. The molecule has 0 bridgehead atoms. The maximum Gasteiger partial charge on any atom is 0.339 e. The molecule has 154 valence electrons. The fraction of sp³-hybridized carbons (Fsp3) is 0.100. The number of hydrogen-bond donors (Lipinski definition) is 3. The first-order valence-corrected chi connectivity index (χ1v) is 9.44. The summed E-state index contributed by atoms with van der Waals surface area (Å²) in [5.74, 6) is -3.52. The quantitative estimate of drug-likeness (QED) is 0.601. The Balaban J connectivity index is 1.61. The van der Waals surface area contributed by atoms with Crippen molar-refractivity contribution in [2.75, 3.05) is 11.9 Å². The van der Waals surface area contributed by atoms with Crippen LogP contribution >= 0.6 is 11.8 Å². The van der Waals surface area contributed by atoms with Gasteiger partial charge in [-0.25, -0.2) is 9.18 Å². The third kappa shape index (κ3) is 4.66. The number of anilines is 1. The minimum Gasteiger partial charge on any atom is -0.507 e. The number of phenols is 1. The average Bonchev–Trinajstić information content (AvgIpc) is 2.94. The molecule has 0 spiro atoms. The summed E-state index contributed by atoms with van der Waals surface area (Å²) >= 11 is 0.659. The lowest BCUT2D eigenvalue weighted by molar-refractivity contribution is -0.123. The second-order valence-electron chi connectivity index (χ2n) is 6.19. The highest BCUT2D eigenvalue weighted by molar-refractivity contribution is 8.18. The molecular weight excluding hydrogens is 415 g/mol. The zero-order valence-electron chi connectivity index (χ0n) is 15.3. The molecule has 2 aromatic rings. The number of rotatable bonds is 6. The van der Waals surface area contributed by atoms with Crippen molar-refractivity contribution in [2.24, 2.45) is 0 Å². The van der Waals surface area contributed by atoms with Gasteiger partial charge in [-0.05, 0) is 36.0 Å². The van der Waals surface area contributed by atoms with E-state index in [1.54, 1.807) is 6.07 Å². The Morgan fingerprint density at radius 1 is 1.17 bits per heavy atom. The van der Waals surface area contributed by atoms with Crippen molar-refractivity contribution in [1.82, 2.24) is 4.90 Å². The molecule has 0 aromatic heterocycles. The molecule has 1 aliphatic heterocycles. The molecule has 0 saturated carbocycles. The van der Waals surface area contributed by atoms with Crippen LogP contribution in [0.3, 0.4) is 0 Å². The highest BCUT2D eigenvalue weighted by Crippen LogP contribution is 2.32. The summed E-state index contributed by atoms with van der Waals surface area (Å²) < 4.78 is 13.8. The number of carboxylic acid groups (broad SMARTS) is 1. The molecular formula is C20H15FN2O6S. The van der Waals surface area contributed by atoms with Crippen LogP contribution in [0.2, 0.25) is 0 Å². The summed E-state index contributed by atoms with van der Waals surface area (Å²) in [7, 11) is 0. The zero-order valence-corrected chi connectivity index (χ0v) is 16.1.